The maximum absolute atomic E-state index is 13.4. The quantitative estimate of drug-likeness (QED) is 0.381. The van der Waals surface area contributed by atoms with Gasteiger partial charge >= 0.3 is 0 Å². The van der Waals surface area contributed by atoms with Gasteiger partial charge in [0, 0.05) is 37.9 Å². The lowest BCUT2D eigenvalue weighted by Crippen LogP contribution is -2.49. The SMILES string of the molecule is O=S(=O)(c1ccc(F)c(Cl)c1)N1CCN(c2nc3nccc(-c4ccc(Cl)c(Cl)c4)n3n2)CC1. The van der Waals surface area contributed by atoms with Crippen LogP contribution in [0.4, 0.5) is 10.3 Å². The first-order valence-electron chi connectivity index (χ1n) is 10.1. The Morgan fingerprint density at radius 1 is 0.882 bits per heavy atom. The highest BCUT2D eigenvalue weighted by atomic mass is 35.5. The predicted octanol–water partition coefficient (Wildman–Crippen LogP) is 4.40. The van der Waals surface area contributed by atoms with Crippen molar-refractivity contribution < 1.29 is 12.8 Å². The molecule has 3 heterocycles. The molecule has 1 fully saturated rings. The molecule has 34 heavy (non-hydrogen) atoms. The maximum Gasteiger partial charge on any atom is 0.254 e. The van der Waals surface area contributed by atoms with Crippen molar-refractivity contribution >= 4 is 56.6 Å². The zero-order valence-electron chi connectivity index (χ0n) is 17.4. The van der Waals surface area contributed by atoms with E-state index < -0.39 is 15.8 Å². The van der Waals surface area contributed by atoms with Crippen LogP contribution in [0.5, 0.6) is 0 Å². The predicted molar refractivity (Wildman–Crippen MR) is 129 cm³/mol. The van der Waals surface area contributed by atoms with Gasteiger partial charge in [0.05, 0.1) is 25.7 Å². The number of nitrogens with zero attached hydrogens (tertiary/aromatic N) is 6. The van der Waals surface area contributed by atoms with Gasteiger partial charge < -0.3 is 4.90 Å². The van der Waals surface area contributed by atoms with E-state index >= 15 is 0 Å². The minimum Gasteiger partial charge on any atom is -0.337 e. The monoisotopic (exact) mass is 540 g/mol. The maximum atomic E-state index is 13.4. The minimum atomic E-state index is -3.81. The molecule has 2 aromatic carbocycles. The first-order chi connectivity index (χ1) is 16.2. The van der Waals surface area contributed by atoms with Gasteiger partial charge in [-0.15, -0.1) is 5.10 Å². The van der Waals surface area contributed by atoms with Crippen LogP contribution < -0.4 is 4.90 Å². The van der Waals surface area contributed by atoms with E-state index in [0.717, 1.165) is 23.4 Å². The summed E-state index contributed by atoms with van der Waals surface area (Å²) in [5.74, 6) is 0.161. The van der Waals surface area contributed by atoms with Crippen molar-refractivity contribution in [3.05, 3.63) is 69.5 Å². The lowest BCUT2D eigenvalue weighted by molar-refractivity contribution is 0.382. The van der Waals surface area contributed by atoms with Gasteiger partial charge in [0.2, 0.25) is 16.0 Å². The Kier molecular flexibility index (Phi) is 6.11. The molecule has 1 saturated heterocycles. The Hall–Kier alpha value is -2.50. The summed E-state index contributed by atoms with van der Waals surface area (Å²) in [4.78, 5) is 10.6. The summed E-state index contributed by atoms with van der Waals surface area (Å²) < 4.78 is 42.3. The summed E-state index contributed by atoms with van der Waals surface area (Å²) in [5, 5.41) is 5.23. The summed E-state index contributed by atoms with van der Waals surface area (Å²) >= 11 is 18.0. The van der Waals surface area contributed by atoms with Crippen LogP contribution in [-0.4, -0.2) is 58.5 Å². The number of piperazine rings is 1. The average molecular weight is 542 g/mol. The molecule has 0 radical (unpaired) electrons. The van der Waals surface area contributed by atoms with E-state index in [4.69, 9.17) is 34.8 Å². The molecular formula is C21H16Cl3FN6O2S. The summed E-state index contributed by atoms with van der Waals surface area (Å²) in [6, 6.07) is 10.5. The second kappa shape index (κ2) is 8.94. The molecule has 2 aromatic heterocycles. The summed E-state index contributed by atoms with van der Waals surface area (Å²) in [5.41, 5.74) is 1.53. The highest BCUT2D eigenvalue weighted by Gasteiger charge is 2.30. The second-order valence-electron chi connectivity index (χ2n) is 7.55. The first kappa shape index (κ1) is 23.3. The van der Waals surface area contributed by atoms with Gasteiger partial charge in [-0.25, -0.2) is 17.8 Å². The number of benzene rings is 2. The van der Waals surface area contributed by atoms with Crippen LogP contribution in [0.25, 0.3) is 17.0 Å². The molecular weight excluding hydrogens is 526 g/mol. The van der Waals surface area contributed by atoms with E-state index in [1.54, 1.807) is 28.9 Å². The largest absolute Gasteiger partial charge is 0.337 e. The van der Waals surface area contributed by atoms with Crippen molar-refractivity contribution in [2.75, 3.05) is 31.1 Å². The van der Waals surface area contributed by atoms with Gasteiger partial charge in [-0.2, -0.15) is 13.8 Å². The third kappa shape index (κ3) is 4.20. The smallest absolute Gasteiger partial charge is 0.254 e. The van der Waals surface area contributed by atoms with Crippen molar-refractivity contribution in [3.8, 4) is 11.3 Å². The van der Waals surface area contributed by atoms with Crippen LogP contribution in [0.2, 0.25) is 15.1 Å². The third-order valence-electron chi connectivity index (χ3n) is 5.50. The van der Waals surface area contributed by atoms with Crippen molar-refractivity contribution in [2.24, 2.45) is 0 Å². The first-order valence-corrected chi connectivity index (χ1v) is 12.7. The normalized spacial score (nSPS) is 15.2. The molecule has 13 heteroatoms. The van der Waals surface area contributed by atoms with E-state index in [9.17, 15) is 12.8 Å². The van der Waals surface area contributed by atoms with Crippen LogP contribution in [0.3, 0.4) is 0 Å². The Morgan fingerprint density at radius 3 is 2.35 bits per heavy atom. The molecule has 1 aliphatic heterocycles. The van der Waals surface area contributed by atoms with Crippen LogP contribution in [0.1, 0.15) is 0 Å². The number of halogens is 4. The van der Waals surface area contributed by atoms with Gasteiger partial charge in [-0.05, 0) is 36.4 Å². The fourth-order valence-electron chi connectivity index (χ4n) is 3.71. The van der Waals surface area contributed by atoms with Crippen LogP contribution in [-0.2, 0) is 10.0 Å². The molecule has 0 amide bonds. The Labute approximate surface area is 209 Å². The number of rotatable bonds is 4. The fourth-order valence-corrected chi connectivity index (χ4v) is 5.70. The van der Waals surface area contributed by atoms with Crippen LogP contribution >= 0.6 is 34.8 Å². The lowest BCUT2D eigenvalue weighted by atomic mass is 10.1. The van der Waals surface area contributed by atoms with Gasteiger partial charge in [0.1, 0.15) is 5.82 Å². The highest BCUT2D eigenvalue weighted by Crippen LogP contribution is 2.29. The molecule has 5 rings (SSSR count). The molecule has 0 spiro atoms. The Bertz CT molecular complexity index is 1510. The molecule has 0 atom stereocenters. The van der Waals surface area contributed by atoms with Crippen molar-refractivity contribution in [1.82, 2.24) is 23.9 Å². The summed E-state index contributed by atoms with van der Waals surface area (Å²) in [6.07, 6.45) is 1.63. The fraction of sp³-hybridized carbons (Fsp3) is 0.190. The molecule has 0 aliphatic carbocycles. The molecule has 0 unspecified atom stereocenters. The van der Waals surface area contributed by atoms with Crippen LogP contribution in [0.15, 0.2) is 53.6 Å². The molecule has 176 valence electrons. The van der Waals surface area contributed by atoms with Gasteiger partial charge in [-0.3, -0.25) is 0 Å². The van der Waals surface area contributed by atoms with Gasteiger partial charge in [0.15, 0.2) is 0 Å². The molecule has 0 saturated carbocycles. The molecule has 0 bridgehead atoms. The number of aromatic nitrogens is 4. The van der Waals surface area contributed by atoms with Gasteiger partial charge in [-0.1, -0.05) is 40.9 Å². The number of hydrogen-bond donors (Lipinski definition) is 0. The Morgan fingerprint density at radius 2 is 1.65 bits per heavy atom. The molecule has 4 aromatic rings. The van der Waals surface area contributed by atoms with Crippen molar-refractivity contribution in [1.29, 1.82) is 0 Å². The van der Waals surface area contributed by atoms with Gasteiger partial charge in [0.25, 0.3) is 5.78 Å². The summed E-state index contributed by atoms with van der Waals surface area (Å²) in [6.45, 7) is 1.15. The molecule has 0 N–H and O–H groups in total. The number of anilines is 1. The molecule has 1 aliphatic rings. The second-order valence-corrected chi connectivity index (χ2v) is 10.7. The highest BCUT2D eigenvalue weighted by molar-refractivity contribution is 7.89. The van der Waals surface area contributed by atoms with E-state index in [0.29, 0.717) is 34.9 Å². The van der Waals surface area contributed by atoms with Crippen LogP contribution in [0, 0.1) is 5.82 Å². The number of fused-ring (bicyclic) bond motifs is 1. The Balaban J connectivity index is 1.38. The van der Waals surface area contributed by atoms with E-state index in [1.165, 1.54) is 10.4 Å². The lowest BCUT2D eigenvalue weighted by Gasteiger charge is -2.33. The van der Waals surface area contributed by atoms with Crippen molar-refractivity contribution in [3.63, 3.8) is 0 Å². The molecule has 8 nitrogen and oxygen atoms in total. The zero-order valence-corrected chi connectivity index (χ0v) is 20.5. The summed E-state index contributed by atoms with van der Waals surface area (Å²) in [7, 11) is -3.81. The van der Waals surface area contributed by atoms with Crippen molar-refractivity contribution in [2.45, 2.75) is 4.90 Å². The van der Waals surface area contributed by atoms with E-state index in [1.807, 2.05) is 11.0 Å². The minimum absolute atomic E-state index is 0.0475. The zero-order chi connectivity index (χ0) is 24.0. The van der Waals surface area contributed by atoms with E-state index in [2.05, 4.69) is 15.1 Å². The van der Waals surface area contributed by atoms with E-state index in [-0.39, 0.29) is 23.0 Å². The number of sulfonamides is 1. The topological polar surface area (TPSA) is 83.7 Å². The average Bonchev–Trinajstić information content (AvgIpc) is 3.27. The number of hydrogen-bond acceptors (Lipinski definition) is 6. The standard InChI is InChI=1S/C21H16Cl3FN6O2S/c22-15-3-1-13(11-16(15)23)19-5-6-26-20-27-21(28-31(19)20)29-7-9-30(10-8-29)34(32,33)14-2-4-18(25)17(24)12-14/h1-6,11-12H,7-10H2. The third-order valence-corrected chi connectivity index (χ3v) is 8.42.